The first kappa shape index (κ1) is 22.5. The summed E-state index contributed by atoms with van der Waals surface area (Å²) < 4.78 is 13.1. The number of likely N-dealkylation sites (tertiary alicyclic amines) is 1. The number of amides is 1. The molecule has 0 radical (unpaired) electrons. The molecule has 1 saturated heterocycles. The highest BCUT2D eigenvalue weighted by molar-refractivity contribution is 6.30. The maximum atomic E-state index is 13.1. The Kier molecular flexibility index (Phi) is 7.09. The first-order valence-electron chi connectivity index (χ1n) is 9.93. The zero-order valence-electron chi connectivity index (χ0n) is 16.9. The monoisotopic (exact) mass is 440 g/mol. The second kappa shape index (κ2) is 9.76. The summed E-state index contributed by atoms with van der Waals surface area (Å²) in [5, 5.41) is 19.3. The molecule has 0 bridgehead atoms. The quantitative estimate of drug-likeness (QED) is 0.671. The molecule has 2 aromatic carbocycles. The number of carboxylic acid groups (broad SMARTS) is 1. The fraction of sp³-hybridized carbons (Fsp3) is 0.292. The van der Waals surface area contributed by atoms with Gasteiger partial charge in [0.05, 0.1) is 17.9 Å². The lowest BCUT2D eigenvalue weighted by Crippen LogP contribution is -2.43. The van der Waals surface area contributed by atoms with Crippen molar-refractivity contribution >= 4 is 29.6 Å². The van der Waals surface area contributed by atoms with Crippen LogP contribution in [0.4, 0.5) is 4.39 Å². The number of hydrogen-bond donors (Lipinski definition) is 1. The van der Waals surface area contributed by atoms with Crippen LogP contribution in [-0.2, 0) is 22.4 Å². The van der Waals surface area contributed by atoms with Crippen molar-refractivity contribution in [3.8, 4) is 6.07 Å². The molecule has 1 N–H and O–H groups in total. The third-order valence-corrected chi connectivity index (χ3v) is 5.81. The zero-order chi connectivity index (χ0) is 22.4. The average Bonchev–Trinajstić information content (AvgIpc) is 2.75. The van der Waals surface area contributed by atoms with Crippen molar-refractivity contribution in [2.75, 3.05) is 13.1 Å². The highest BCUT2D eigenvalue weighted by Gasteiger charge is 2.35. The maximum Gasteiger partial charge on any atom is 0.307 e. The number of hydrogen-bond acceptors (Lipinski definition) is 3. The minimum Gasteiger partial charge on any atom is -0.481 e. The molecule has 160 valence electrons. The number of aliphatic carboxylic acids is 1. The number of rotatable bonds is 6. The number of halogens is 2. The van der Waals surface area contributed by atoms with E-state index in [2.05, 4.69) is 6.07 Å². The lowest BCUT2D eigenvalue weighted by molar-refractivity contribution is -0.136. The maximum absolute atomic E-state index is 13.1. The summed E-state index contributed by atoms with van der Waals surface area (Å²) in [5.74, 6) is -1.48. The van der Waals surface area contributed by atoms with E-state index in [-0.39, 0.29) is 18.1 Å². The van der Waals surface area contributed by atoms with E-state index < -0.39 is 11.4 Å². The summed E-state index contributed by atoms with van der Waals surface area (Å²) in [6.07, 6.45) is 4.42. The topological polar surface area (TPSA) is 81.4 Å². The van der Waals surface area contributed by atoms with Crippen LogP contribution in [-0.4, -0.2) is 35.0 Å². The SMILES string of the molecule is N#CC1(Cc2ccc(F)cc2)CCN(C(=O)/C=C/c2ccc(Cl)cc2CC(=O)O)CC1. The Hall–Kier alpha value is -3.17. The van der Waals surface area contributed by atoms with Crippen molar-refractivity contribution in [2.24, 2.45) is 5.41 Å². The molecule has 2 aromatic rings. The molecule has 7 heteroatoms. The predicted octanol–water partition coefficient (Wildman–Crippen LogP) is 4.49. The summed E-state index contributed by atoms with van der Waals surface area (Å²) in [5.41, 5.74) is 1.48. The van der Waals surface area contributed by atoms with Gasteiger partial charge in [-0.2, -0.15) is 5.26 Å². The van der Waals surface area contributed by atoms with Crippen molar-refractivity contribution in [3.05, 3.63) is 76.1 Å². The normalized spacial score (nSPS) is 15.6. The molecule has 0 saturated carbocycles. The van der Waals surface area contributed by atoms with Crippen molar-refractivity contribution < 1.29 is 19.1 Å². The van der Waals surface area contributed by atoms with Crippen LogP contribution in [0.25, 0.3) is 6.08 Å². The van der Waals surface area contributed by atoms with E-state index in [1.54, 1.807) is 41.3 Å². The molecule has 5 nitrogen and oxygen atoms in total. The lowest BCUT2D eigenvalue weighted by atomic mass is 9.75. The van der Waals surface area contributed by atoms with Crippen LogP contribution in [0.15, 0.2) is 48.5 Å². The Morgan fingerprint density at radius 3 is 2.48 bits per heavy atom. The molecule has 0 spiro atoms. The van der Waals surface area contributed by atoms with Gasteiger partial charge in [-0.3, -0.25) is 9.59 Å². The third kappa shape index (κ3) is 5.93. The number of benzene rings is 2. The molecule has 3 rings (SSSR count). The zero-order valence-corrected chi connectivity index (χ0v) is 17.6. The van der Waals surface area contributed by atoms with Crippen molar-refractivity contribution in [1.29, 1.82) is 5.26 Å². The van der Waals surface area contributed by atoms with E-state index in [4.69, 9.17) is 16.7 Å². The number of carboxylic acids is 1. The Bertz CT molecular complexity index is 1040. The van der Waals surface area contributed by atoms with Gasteiger partial charge in [0.1, 0.15) is 5.82 Å². The molecular formula is C24H22ClFN2O3. The first-order chi connectivity index (χ1) is 14.8. The standard InChI is InChI=1S/C24H22ClFN2O3/c25-20-5-3-18(19(13-20)14-23(30)31)4-8-22(29)28-11-9-24(16-27,10-12-28)15-17-1-6-21(26)7-2-17/h1-8,13H,9-12,14-15H2,(H,30,31)/b8-4+. The second-order valence-corrected chi connectivity index (χ2v) is 8.20. The van der Waals surface area contributed by atoms with E-state index in [1.807, 2.05) is 0 Å². The first-order valence-corrected chi connectivity index (χ1v) is 10.3. The molecule has 0 unspecified atom stereocenters. The molecule has 1 heterocycles. The molecule has 1 fully saturated rings. The number of carbonyl (C=O) groups excluding carboxylic acids is 1. The number of piperidine rings is 1. The van der Waals surface area contributed by atoms with Gasteiger partial charge in [0.2, 0.25) is 5.91 Å². The third-order valence-electron chi connectivity index (χ3n) is 5.58. The highest BCUT2D eigenvalue weighted by atomic mass is 35.5. The molecule has 0 aliphatic carbocycles. The van der Waals surface area contributed by atoms with Crippen molar-refractivity contribution in [3.63, 3.8) is 0 Å². The van der Waals surface area contributed by atoms with E-state index in [1.165, 1.54) is 18.2 Å². The molecule has 1 aliphatic heterocycles. The number of nitrogens with zero attached hydrogens (tertiary/aromatic N) is 2. The summed E-state index contributed by atoms with van der Waals surface area (Å²) in [4.78, 5) is 25.4. The summed E-state index contributed by atoms with van der Waals surface area (Å²) in [6.45, 7) is 0.890. The Morgan fingerprint density at radius 2 is 1.87 bits per heavy atom. The Morgan fingerprint density at radius 1 is 1.19 bits per heavy atom. The molecular weight excluding hydrogens is 419 g/mol. The second-order valence-electron chi connectivity index (χ2n) is 7.77. The Labute approximate surface area is 185 Å². The molecule has 1 amide bonds. The molecule has 1 aliphatic rings. The van der Waals surface area contributed by atoms with Crippen molar-refractivity contribution in [2.45, 2.75) is 25.7 Å². The predicted molar refractivity (Wildman–Crippen MR) is 116 cm³/mol. The summed E-state index contributed by atoms with van der Waals surface area (Å²) >= 11 is 5.95. The van der Waals surface area contributed by atoms with E-state index in [0.717, 1.165) is 5.56 Å². The largest absolute Gasteiger partial charge is 0.481 e. The van der Waals surface area contributed by atoms with Gasteiger partial charge in [0.25, 0.3) is 0 Å². The van der Waals surface area contributed by atoms with Gasteiger partial charge in [-0.25, -0.2) is 4.39 Å². The van der Waals surface area contributed by atoms with Crippen LogP contribution in [0.3, 0.4) is 0 Å². The van der Waals surface area contributed by atoms with Crippen LogP contribution in [0, 0.1) is 22.6 Å². The van der Waals surface area contributed by atoms with Crippen LogP contribution in [0.5, 0.6) is 0 Å². The van der Waals surface area contributed by atoms with E-state index in [9.17, 15) is 19.2 Å². The number of nitriles is 1. The Balaban J connectivity index is 1.64. The summed E-state index contributed by atoms with van der Waals surface area (Å²) in [6, 6.07) is 13.5. The van der Waals surface area contributed by atoms with E-state index >= 15 is 0 Å². The van der Waals surface area contributed by atoms with Gasteiger partial charge < -0.3 is 10.0 Å². The van der Waals surface area contributed by atoms with Crippen LogP contribution in [0.2, 0.25) is 5.02 Å². The fourth-order valence-corrected chi connectivity index (χ4v) is 3.99. The van der Waals surface area contributed by atoms with Gasteiger partial charge in [-0.15, -0.1) is 0 Å². The van der Waals surface area contributed by atoms with Crippen molar-refractivity contribution in [1.82, 2.24) is 4.90 Å². The van der Waals surface area contributed by atoms with E-state index in [0.29, 0.717) is 48.5 Å². The highest BCUT2D eigenvalue weighted by Crippen LogP contribution is 2.34. The lowest BCUT2D eigenvalue weighted by Gasteiger charge is -2.37. The van der Waals surface area contributed by atoms with Crippen LogP contribution in [0.1, 0.15) is 29.5 Å². The number of carbonyl (C=O) groups is 2. The fourth-order valence-electron chi connectivity index (χ4n) is 3.80. The smallest absolute Gasteiger partial charge is 0.307 e. The van der Waals surface area contributed by atoms with Crippen LogP contribution >= 0.6 is 11.6 Å². The molecule has 0 atom stereocenters. The average molecular weight is 441 g/mol. The van der Waals surface area contributed by atoms with Gasteiger partial charge in [-0.05, 0) is 66.3 Å². The van der Waals surface area contributed by atoms with Gasteiger partial charge >= 0.3 is 5.97 Å². The minimum absolute atomic E-state index is 0.188. The minimum atomic E-state index is -0.978. The van der Waals surface area contributed by atoms with Gasteiger partial charge in [-0.1, -0.05) is 29.8 Å². The summed E-state index contributed by atoms with van der Waals surface area (Å²) in [7, 11) is 0. The van der Waals surface area contributed by atoms with Gasteiger partial charge in [0, 0.05) is 24.2 Å². The molecule has 0 aromatic heterocycles. The molecule has 31 heavy (non-hydrogen) atoms. The van der Waals surface area contributed by atoms with Crippen LogP contribution < -0.4 is 0 Å². The van der Waals surface area contributed by atoms with Gasteiger partial charge in [0.15, 0.2) is 0 Å².